The molecule has 0 unspecified atom stereocenters. The van der Waals surface area contributed by atoms with Crippen LogP contribution in [0.1, 0.15) is 19.3 Å². The molecule has 1 atom stereocenters. The van der Waals surface area contributed by atoms with Gasteiger partial charge in [0.15, 0.2) is 0 Å². The number of rotatable bonds is 6. The SMILES string of the molecule is C=C1CC/C(=C/COP(c2ccccc2)c2ccccc2)C[C@H]1OC. The maximum absolute atomic E-state index is 6.34. The first kappa shape index (κ1) is 18.1. The van der Waals surface area contributed by atoms with Gasteiger partial charge in [-0.15, -0.1) is 0 Å². The molecule has 1 fully saturated rings. The van der Waals surface area contributed by atoms with E-state index in [4.69, 9.17) is 9.26 Å². The summed E-state index contributed by atoms with van der Waals surface area (Å²) in [5.41, 5.74) is 2.62. The normalized spacial score (nSPS) is 19.5. The van der Waals surface area contributed by atoms with E-state index < -0.39 is 8.15 Å². The van der Waals surface area contributed by atoms with Crippen LogP contribution in [0.2, 0.25) is 0 Å². The molecule has 0 aromatic heterocycles. The van der Waals surface area contributed by atoms with Crippen molar-refractivity contribution in [3.63, 3.8) is 0 Å². The van der Waals surface area contributed by atoms with E-state index in [1.54, 1.807) is 7.11 Å². The van der Waals surface area contributed by atoms with Gasteiger partial charge >= 0.3 is 0 Å². The second-order valence-electron chi connectivity index (χ2n) is 6.21. The molecular weight excluding hydrogens is 327 g/mol. The molecule has 1 aliphatic carbocycles. The summed E-state index contributed by atoms with van der Waals surface area (Å²) in [6, 6.07) is 21.0. The number of methoxy groups -OCH3 is 1. The minimum Gasteiger partial charge on any atom is -0.377 e. The lowest BCUT2D eigenvalue weighted by atomic mass is 9.89. The van der Waals surface area contributed by atoms with Crippen LogP contribution >= 0.6 is 8.15 Å². The van der Waals surface area contributed by atoms with Crippen molar-refractivity contribution >= 4 is 18.8 Å². The molecule has 0 heterocycles. The van der Waals surface area contributed by atoms with Crippen molar-refractivity contribution in [3.8, 4) is 0 Å². The molecule has 3 heteroatoms. The van der Waals surface area contributed by atoms with Crippen LogP contribution in [0.25, 0.3) is 0 Å². The Labute approximate surface area is 152 Å². The summed E-state index contributed by atoms with van der Waals surface area (Å²) in [7, 11) is 0.969. The Hall–Kier alpha value is -1.73. The van der Waals surface area contributed by atoms with Gasteiger partial charge in [0.2, 0.25) is 0 Å². The fourth-order valence-electron chi connectivity index (χ4n) is 3.06. The van der Waals surface area contributed by atoms with Gasteiger partial charge in [-0.05, 0) is 24.8 Å². The van der Waals surface area contributed by atoms with Gasteiger partial charge in [0.25, 0.3) is 0 Å². The van der Waals surface area contributed by atoms with Crippen molar-refractivity contribution < 1.29 is 9.26 Å². The van der Waals surface area contributed by atoms with E-state index in [9.17, 15) is 0 Å². The van der Waals surface area contributed by atoms with Gasteiger partial charge in [-0.1, -0.05) is 78.9 Å². The molecule has 0 saturated heterocycles. The Balaban J connectivity index is 1.69. The van der Waals surface area contributed by atoms with E-state index in [1.807, 2.05) is 12.1 Å². The van der Waals surface area contributed by atoms with Crippen molar-refractivity contribution in [2.45, 2.75) is 25.4 Å². The van der Waals surface area contributed by atoms with Gasteiger partial charge in [-0.3, -0.25) is 0 Å². The first-order valence-electron chi connectivity index (χ1n) is 8.69. The van der Waals surface area contributed by atoms with E-state index in [0.717, 1.165) is 19.3 Å². The summed E-state index contributed by atoms with van der Waals surface area (Å²) in [4.78, 5) is 0. The first-order chi connectivity index (χ1) is 12.3. The fraction of sp³-hybridized carbons (Fsp3) is 0.273. The molecule has 2 aromatic carbocycles. The summed E-state index contributed by atoms with van der Waals surface area (Å²) >= 11 is 0. The van der Waals surface area contributed by atoms with Crippen molar-refractivity contribution in [1.82, 2.24) is 0 Å². The third-order valence-electron chi connectivity index (χ3n) is 4.51. The molecule has 2 aromatic rings. The van der Waals surface area contributed by atoms with Crippen LogP contribution in [0, 0.1) is 0 Å². The molecule has 1 aliphatic rings. The van der Waals surface area contributed by atoms with E-state index in [-0.39, 0.29) is 6.10 Å². The zero-order valence-corrected chi connectivity index (χ0v) is 15.6. The minimum atomic E-state index is -0.795. The topological polar surface area (TPSA) is 18.5 Å². The van der Waals surface area contributed by atoms with E-state index in [1.165, 1.54) is 21.8 Å². The molecular formula is C22H25O2P. The maximum atomic E-state index is 6.34. The average Bonchev–Trinajstić information content (AvgIpc) is 2.68. The first-order valence-corrected chi connectivity index (χ1v) is 9.95. The lowest BCUT2D eigenvalue weighted by molar-refractivity contribution is 0.122. The van der Waals surface area contributed by atoms with Crippen LogP contribution in [0.15, 0.2) is 84.5 Å². The van der Waals surface area contributed by atoms with Crippen LogP contribution in [0.5, 0.6) is 0 Å². The number of benzene rings is 2. The minimum absolute atomic E-state index is 0.157. The Kier molecular flexibility index (Phi) is 6.58. The fourth-order valence-corrected chi connectivity index (χ4v) is 4.76. The largest absolute Gasteiger partial charge is 0.377 e. The predicted octanol–water partition coefficient (Wildman–Crippen LogP) is 4.73. The summed E-state index contributed by atoms with van der Waals surface area (Å²) in [6.07, 6.45) is 5.41. The molecule has 0 amide bonds. The lowest BCUT2D eigenvalue weighted by Crippen LogP contribution is -2.19. The quantitative estimate of drug-likeness (QED) is 0.553. The summed E-state index contributed by atoms with van der Waals surface area (Å²) in [5, 5.41) is 2.49. The highest BCUT2D eigenvalue weighted by Crippen LogP contribution is 2.35. The van der Waals surface area contributed by atoms with Crippen molar-refractivity contribution in [3.05, 3.63) is 84.5 Å². The van der Waals surface area contributed by atoms with E-state index >= 15 is 0 Å². The smallest absolute Gasteiger partial charge is 0.0922 e. The monoisotopic (exact) mass is 352 g/mol. The molecule has 2 nitrogen and oxygen atoms in total. The Morgan fingerprint density at radius 3 is 2.16 bits per heavy atom. The number of hydrogen-bond donors (Lipinski definition) is 0. The summed E-state index contributed by atoms with van der Waals surface area (Å²) in [6.45, 7) is 4.74. The van der Waals surface area contributed by atoms with Gasteiger partial charge in [-0.25, -0.2) is 0 Å². The molecule has 0 spiro atoms. The van der Waals surface area contributed by atoms with Crippen LogP contribution in [0.4, 0.5) is 0 Å². The maximum Gasteiger partial charge on any atom is 0.0922 e. The standard InChI is InChI=1S/C22H25O2P/c1-18-13-14-19(17-22(18)23-2)15-16-24-25(20-9-5-3-6-10-20)21-11-7-4-8-12-21/h3-12,15,22H,1,13-14,16-17H2,2H3/b19-15-/t22-/m1/s1. The molecule has 1 saturated carbocycles. The second kappa shape index (κ2) is 9.10. The third-order valence-corrected chi connectivity index (χ3v) is 6.45. The highest BCUT2D eigenvalue weighted by molar-refractivity contribution is 7.68. The summed E-state index contributed by atoms with van der Waals surface area (Å²) < 4.78 is 11.9. The summed E-state index contributed by atoms with van der Waals surface area (Å²) in [5.74, 6) is 0. The predicted molar refractivity (Wildman–Crippen MR) is 107 cm³/mol. The average molecular weight is 352 g/mol. The Morgan fingerprint density at radius 2 is 1.60 bits per heavy atom. The van der Waals surface area contributed by atoms with Crippen molar-refractivity contribution in [1.29, 1.82) is 0 Å². The van der Waals surface area contributed by atoms with Crippen molar-refractivity contribution in [2.75, 3.05) is 13.7 Å². The van der Waals surface area contributed by atoms with Gasteiger partial charge in [0, 0.05) is 17.7 Å². The molecule has 130 valence electrons. The highest BCUT2D eigenvalue weighted by atomic mass is 31.1. The van der Waals surface area contributed by atoms with Gasteiger partial charge < -0.3 is 9.26 Å². The Bertz CT molecular complexity index is 670. The van der Waals surface area contributed by atoms with Crippen LogP contribution in [-0.4, -0.2) is 19.8 Å². The number of hydrogen-bond acceptors (Lipinski definition) is 2. The van der Waals surface area contributed by atoms with Crippen molar-refractivity contribution in [2.24, 2.45) is 0 Å². The zero-order valence-electron chi connectivity index (χ0n) is 14.7. The van der Waals surface area contributed by atoms with Gasteiger partial charge in [0.05, 0.1) is 20.9 Å². The second-order valence-corrected chi connectivity index (χ2v) is 8.09. The molecule has 25 heavy (non-hydrogen) atoms. The van der Waals surface area contributed by atoms with Gasteiger partial charge in [-0.2, -0.15) is 0 Å². The molecule has 0 N–H and O–H groups in total. The molecule has 0 radical (unpaired) electrons. The third kappa shape index (κ3) is 4.89. The highest BCUT2D eigenvalue weighted by Gasteiger charge is 2.20. The molecule has 3 rings (SSSR count). The molecule has 0 bridgehead atoms. The van der Waals surface area contributed by atoms with Crippen LogP contribution < -0.4 is 10.6 Å². The van der Waals surface area contributed by atoms with E-state index in [0.29, 0.717) is 6.61 Å². The van der Waals surface area contributed by atoms with Crippen LogP contribution in [0.3, 0.4) is 0 Å². The van der Waals surface area contributed by atoms with Gasteiger partial charge in [0.1, 0.15) is 0 Å². The lowest BCUT2D eigenvalue weighted by Gasteiger charge is -2.25. The number of ether oxygens (including phenoxy) is 1. The van der Waals surface area contributed by atoms with Crippen LogP contribution in [-0.2, 0) is 9.26 Å². The molecule has 0 aliphatic heterocycles. The zero-order chi connectivity index (χ0) is 17.5. The van der Waals surface area contributed by atoms with E-state index in [2.05, 4.69) is 61.2 Å². The Morgan fingerprint density at radius 1 is 1.00 bits per heavy atom.